The summed E-state index contributed by atoms with van der Waals surface area (Å²) in [4.78, 5) is 27.3. The molecule has 0 aliphatic carbocycles. The van der Waals surface area contributed by atoms with Gasteiger partial charge in [0.1, 0.15) is 5.56 Å². The van der Waals surface area contributed by atoms with Gasteiger partial charge in [-0.15, -0.1) is 0 Å². The van der Waals surface area contributed by atoms with E-state index >= 15 is 0 Å². The summed E-state index contributed by atoms with van der Waals surface area (Å²) in [5, 5.41) is 11.1. The van der Waals surface area contributed by atoms with Gasteiger partial charge in [0, 0.05) is 36.9 Å². The van der Waals surface area contributed by atoms with Gasteiger partial charge in [0.25, 0.3) is 5.69 Å². The molecule has 25 heavy (non-hydrogen) atoms. The number of benzene rings is 1. The van der Waals surface area contributed by atoms with Gasteiger partial charge in [0.05, 0.1) is 12.0 Å². The summed E-state index contributed by atoms with van der Waals surface area (Å²) in [5.41, 5.74) is 0.649. The molecule has 2 fully saturated rings. The van der Waals surface area contributed by atoms with Crippen LogP contribution in [0.5, 0.6) is 0 Å². The summed E-state index contributed by atoms with van der Waals surface area (Å²) in [6, 6.07) is 6.00. The van der Waals surface area contributed by atoms with Gasteiger partial charge >= 0.3 is 5.97 Å². The molecule has 7 heteroatoms. The lowest BCUT2D eigenvalue weighted by Gasteiger charge is -2.39. The van der Waals surface area contributed by atoms with Crippen molar-refractivity contribution in [1.29, 1.82) is 0 Å². The second-order valence-electron chi connectivity index (χ2n) is 6.90. The third-order valence-corrected chi connectivity index (χ3v) is 5.49. The molecule has 2 heterocycles. The van der Waals surface area contributed by atoms with Crippen LogP contribution in [0.3, 0.4) is 0 Å². The molecular weight excluding hydrogens is 322 g/mol. The number of esters is 1. The highest BCUT2D eigenvalue weighted by molar-refractivity contribution is 5.95. The average molecular weight is 347 g/mol. The Morgan fingerprint density at radius 2 is 1.96 bits per heavy atom. The van der Waals surface area contributed by atoms with Crippen LogP contribution in [0.4, 0.5) is 11.4 Å². The fraction of sp³-hybridized carbons (Fsp3) is 0.611. The third-order valence-electron chi connectivity index (χ3n) is 5.49. The molecule has 0 amide bonds. The Morgan fingerprint density at radius 1 is 1.24 bits per heavy atom. The monoisotopic (exact) mass is 347 g/mol. The van der Waals surface area contributed by atoms with Crippen molar-refractivity contribution in [2.45, 2.75) is 44.7 Å². The Labute approximate surface area is 147 Å². The van der Waals surface area contributed by atoms with Crippen molar-refractivity contribution in [3.63, 3.8) is 0 Å². The molecule has 1 atom stereocenters. The highest BCUT2D eigenvalue weighted by Gasteiger charge is 2.31. The van der Waals surface area contributed by atoms with Crippen LogP contribution >= 0.6 is 0 Å². The van der Waals surface area contributed by atoms with E-state index in [2.05, 4.69) is 16.7 Å². The van der Waals surface area contributed by atoms with Crippen molar-refractivity contribution < 1.29 is 14.5 Å². The number of carbonyl (C=O) groups is 1. The number of hydrogen-bond donors (Lipinski definition) is 0. The zero-order valence-corrected chi connectivity index (χ0v) is 14.8. The van der Waals surface area contributed by atoms with Crippen LogP contribution in [0.1, 0.15) is 43.0 Å². The molecule has 0 aromatic heterocycles. The first-order chi connectivity index (χ1) is 12.0. The average Bonchev–Trinajstić information content (AvgIpc) is 3.06. The number of piperidine rings is 1. The van der Waals surface area contributed by atoms with Gasteiger partial charge in [-0.05, 0) is 51.3 Å². The highest BCUT2D eigenvalue weighted by atomic mass is 16.6. The smallest absolute Gasteiger partial charge is 0.344 e. The number of hydrogen-bond acceptors (Lipinski definition) is 6. The summed E-state index contributed by atoms with van der Waals surface area (Å²) in [5.74, 6) is -0.672. The lowest BCUT2D eigenvalue weighted by molar-refractivity contribution is -0.385. The van der Waals surface area contributed by atoms with E-state index in [0.717, 1.165) is 31.6 Å². The van der Waals surface area contributed by atoms with E-state index in [4.69, 9.17) is 4.74 Å². The number of ether oxygens (including phenoxy) is 1. The number of nitrogens with zero attached hydrogens (tertiary/aromatic N) is 3. The summed E-state index contributed by atoms with van der Waals surface area (Å²) in [6.45, 7) is 5.28. The van der Waals surface area contributed by atoms with Crippen LogP contribution in [-0.2, 0) is 4.74 Å². The Morgan fingerprint density at radius 3 is 2.52 bits per heavy atom. The first-order valence-corrected chi connectivity index (χ1v) is 8.88. The molecule has 0 bridgehead atoms. The molecule has 0 spiro atoms. The van der Waals surface area contributed by atoms with Crippen molar-refractivity contribution in [2.24, 2.45) is 0 Å². The van der Waals surface area contributed by atoms with Gasteiger partial charge in [0.2, 0.25) is 0 Å². The van der Waals surface area contributed by atoms with E-state index in [1.807, 2.05) is 0 Å². The predicted octanol–water partition coefficient (Wildman–Crippen LogP) is 2.83. The molecular formula is C18H25N3O4. The third kappa shape index (κ3) is 3.61. The Balaban J connectivity index is 1.72. The number of likely N-dealkylation sites (tertiary alicyclic amines) is 1. The Kier molecular flexibility index (Phi) is 5.22. The fourth-order valence-electron chi connectivity index (χ4n) is 4.11. The van der Waals surface area contributed by atoms with Gasteiger partial charge in [0.15, 0.2) is 0 Å². The highest BCUT2D eigenvalue weighted by Crippen LogP contribution is 2.30. The summed E-state index contributed by atoms with van der Waals surface area (Å²) in [6.07, 6.45) is 4.72. The van der Waals surface area contributed by atoms with E-state index in [1.165, 1.54) is 32.6 Å². The van der Waals surface area contributed by atoms with Crippen molar-refractivity contribution in [3.8, 4) is 0 Å². The number of anilines is 1. The largest absolute Gasteiger partial charge is 0.465 e. The first-order valence-electron chi connectivity index (χ1n) is 8.88. The number of nitro groups is 1. The Hall–Kier alpha value is -2.15. The van der Waals surface area contributed by atoms with Crippen LogP contribution in [0.15, 0.2) is 18.2 Å². The zero-order valence-electron chi connectivity index (χ0n) is 14.8. The molecule has 1 aromatic rings. The first kappa shape index (κ1) is 17.7. The Bertz CT molecular complexity index is 656. The fourth-order valence-corrected chi connectivity index (χ4v) is 4.11. The maximum atomic E-state index is 11.9. The van der Waals surface area contributed by atoms with Gasteiger partial charge in [-0.2, -0.15) is 0 Å². The minimum atomic E-state index is -0.672. The molecule has 3 rings (SSSR count). The summed E-state index contributed by atoms with van der Waals surface area (Å²) in [7, 11) is 1.24. The molecule has 1 aromatic carbocycles. The van der Waals surface area contributed by atoms with E-state index in [1.54, 1.807) is 12.1 Å². The lowest BCUT2D eigenvalue weighted by atomic mass is 10.0. The predicted molar refractivity (Wildman–Crippen MR) is 95.1 cm³/mol. The SMILES string of the molecule is COC(=O)c1cc(N2CCC(N3CCCC3C)CC2)ccc1[N+](=O)[O-]. The number of nitro benzene ring substituents is 1. The van der Waals surface area contributed by atoms with Gasteiger partial charge in [-0.25, -0.2) is 4.79 Å². The normalized spacial score (nSPS) is 22.2. The molecule has 0 saturated carbocycles. The number of rotatable bonds is 4. The molecule has 0 N–H and O–H groups in total. The van der Waals surface area contributed by atoms with Crippen molar-refractivity contribution in [1.82, 2.24) is 4.90 Å². The molecule has 7 nitrogen and oxygen atoms in total. The second kappa shape index (κ2) is 7.39. The standard InChI is InChI=1S/C18H25N3O4/c1-13-4-3-9-20(13)14-7-10-19(11-8-14)15-5-6-17(21(23)24)16(12-15)18(22)25-2/h5-6,12-14H,3-4,7-11H2,1-2H3. The minimum absolute atomic E-state index is 0.0142. The van der Waals surface area contributed by atoms with Crippen LogP contribution in [0.2, 0.25) is 0 Å². The molecule has 2 aliphatic rings. The number of methoxy groups -OCH3 is 1. The number of carbonyl (C=O) groups excluding carboxylic acids is 1. The zero-order chi connectivity index (χ0) is 18.0. The summed E-state index contributed by atoms with van der Waals surface area (Å²) >= 11 is 0. The lowest BCUT2D eigenvalue weighted by Crippen LogP contribution is -2.46. The van der Waals surface area contributed by atoms with Gasteiger partial charge in [-0.3, -0.25) is 15.0 Å². The van der Waals surface area contributed by atoms with Crippen LogP contribution in [-0.4, -0.2) is 54.6 Å². The maximum Gasteiger partial charge on any atom is 0.344 e. The van der Waals surface area contributed by atoms with Crippen molar-refractivity contribution >= 4 is 17.3 Å². The van der Waals surface area contributed by atoms with Crippen LogP contribution in [0, 0.1) is 10.1 Å². The molecule has 2 saturated heterocycles. The van der Waals surface area contributed by atoms with Crippen LogP contribution in [0.25, 0.3) is 0 Å². The second-order valence-corrected chi connectivity index (χ2v) is 6.90. The van der Waals surface area contributed by atoms with E-state index < -0.39 is 10.9 Å². The van der Waals surface area contributed by atoms with E-state index in [9.17, 15) is 14.9 Å². The van der Waals surface area contributed by atoms with Crippen molar-refractivity contribution in [2.75, 3.05) is 31.6 Å². The van der Waals surface area contributed by atoms with E-state index in [-0.39, 0.29) is 11.3 Å². The van der Waals surface area contributed by atoms with E-state index in [0.29, 0.717) is 12.1 Å². The maximum absolute atomic E-state index is 11.9. The van der Waals surface area contributed by atoms with Gasteiger partial charge < -0.3 is 9.64 Å². The van der Waals surface area contributed by atoms with Gasteiger partial charge in [-0.1, -0.05) is 0 Å². The van der Waals surface area contributed by atoms with Crippen LogP contribution < -0.4 is 4.90 Å². The van der Waals surface area contributed by atoms with Crippen molar-refractivity contribution in [3.05, 3.63) is 33.9 Å². The molecule has 2 aliphatic heterocycles. The topological polar surface area (TPSA) is 75.9 Å². The molecule has 1 unspecified atom stereocenters. The molecule has 0 radical (unpaired) electrons. The quantitative estimate of drug-likeness (QED) is 0.474. The minimum Gasteiger partial charge on any atom is -0.465 e. The molecule has 136 valence electrons. The summed E-state index contributed by atoms with van der Waals surface area (Å²) < 4.78 is 4.70.